The zero-order valence-electron chi connectivity index (χ0n) is 9.25. The summed E-state index contributed by atoms with van der Waals surface area (Å²) in [6, 6.07) is 7.45. The molecule has 2 aromatic rings. The van der Waals surface area contributed by atoms with Crippen LogP contribution in [0.2, 0.25) is 0 Å². The fraction of sp³-hybridized carbons (Fsp3) is 0.182. The van der Waals surface area contributed by atoms with Gasteiger partial charge in [-0.2, -0.15) is 0 Å². The van der Waals surface area contributed by atoms with Crippen molar-refractivity contribution in [2.45, 2.75) is 13.0 Å². The van der Waals surface area contributed by atoms with Crippen LogP contribution in [0.1, 0.15) is 28.3 Å². The number of nitrogens with zero attached hydrogens (tertiary/aromatic N) is 2. The van der Waals surface area contributed by atoms with Crippen molar-refractivity contribution in [2.24, 2.45) is 5.73 Å². The van der Waals surface area contributed by atoms with E-state index in [1.807, 2.05) is 24.4 Å². The second-order valence-electron chi connectivity index (χ2n) is 3.55. The molecule has 0 spiro atoms. The number of rotatable bonds is 4. The van der Waals surface area contributed by atoms with Gasteiger partial charge in [-0.15, -0.1) is 21.5 Å². The maximum absolute atomic E-state index is 10.8. The van der Waals surface area contributed by atoms with E-state index in [4.69, 9.17) is 5.73 Å². The molecule has 88 valence electrons. The summed E-state index contributed by atoms with van der Waals surface area (Å²) in [5.74, 6) is 0.0475. The van der Waals surface area contributed by atoms with E-state index in [0.29, 0.717) is 5.82 Å². The minimum atomic E-state index is -0.574. The highest BCUT2D eigenvalue weighted by atomic mass is 32.1. The Hall–Kier alpha value is -1.95. The minimum absolute atomic E-state index is 0.156. The number of primary amides is 1. The van der Waals surface area contributed by atoms with Crippen molar-refractivity contribution in [3.05, 3.63) is 40.2 Å². The standard InChI is InChI=1S/C11H12N4OS/c1-7(9-3-2-6-17-9)13-10-5-4-8(11(12)16)14-15-10/h2-7H,1H3,(H2,12,16)(H,13,15). The first kappa shape index (κ1) is 11.5. The number of anilines is 1. The van der Waals surface area contributed by atoms with Crippen molar-refractivity contribution >= 4 is 23.1 Å². The Morgan fingerprint density at radius 3 is 2.76 bits per heavy atom. The molecule has 0 aliphatic carbocycles. The Morgan fingerprint density at radius 1 is 1.41 bits per heavy atom. The molecule has 0 saturated heterocycles. The quantitative estimate of drug-likeness (QED) is 0.864. The van der Waals surface area contributed by atoms with Gasteiger partial charge in [-0.25, -0.2) is 0 Å². The maximum Gasteiger partial charge on any atom is 0.269 e. The summed E-state index contributed by atoms with van der Waals surface area (Å²) in [6.07, 6.45) is 0. The molecule has 0 aromatic carbocycles. The highest BCUT2D eigenvalue weighted by Crippen LogP contribution is 2.21. The topological polar surface area (TPSA) is 80.9 Å². The summed E-state index contributed by atoms with van der Waals surface area (Å²) in [7, 11) is 0. The molecule has 0 aliphatic heterocycles. The molecule has 2 heterocycles. The average Bonchev–Trinajstić information content (AvgIpc) is 2.83. The number of hydrogen-bond donors (Lipinski definition) is 2. The van der Waals surface area contributed by atoms with Crippen molar-refractivity contribution in [3.8, 4) is 0 Å². The van der Waals surface area contributed by atoms with Gasteiger partial charge in [0.05, 0.1) is 6.04 Å². The van der Waals surface area contributed by atoms with E-state index in [2.05, 4.69) is 15.5 Å². The van der Waals surface area contributed by atoms with Gasteiger partial charge in [-0.1, -0.05) is 6.07 Å². The molecule has 6 heteroatoms. The number of carbonyl (C=O) groups excluding carboxylic acids is 1. The van der Waals surface area contributed by atoms with Crippen LogP contribution in [-0.2, 0) is 0 Å². The van der Waals surface area contributed by atoms with Gasteiger partial charge >= 0.3 is 0 Å². The van der Waals surface area contributed by atoms with Crippen molar-refractivity contribution in [1.29, 1.82) is 0 Å². The van der Waals surface area contributed by atoms with E-state index < -0.39 is 5.91 Å². The summed E-state index contributed by atoms with van der Waals surface area (Å²) in [4.78, 5) is 12.0. The molecule has 3 N–H and O–H groups in total. The molecule has 1 atom stereocenters. The third-order valence-electron chi connectivity index (χ3n) is 2.25. The Morgan fingerprint density at radius 2 is 2.24 bits per heavy atom. The van der Waals surface area contributed by atoms with Gasteiger partial charge in [0, 0.05) is 4.88 Å². The van der Waals surface area contributed by atoms with Gasteiger partial charge in [0.15, 0.2) is 5.69 Å². The molecule has 1 amide bonds. The van der Waals surface area contributed by atoms with Crippen LogP contribution in [0.15, 0.2) is 29.6 Å². The summed E-state index contributed by atoms with van der Waals surface area (Å²) in [5.41, 5.74) is 5.25. The Bertz CT molecular complexity index is 495. The van der Waals surface area contributed by atoms with Gasteiger partial charge in [0.25, 0.3) is 5.91 Å². The second kappa shape index (κ2) is 4.92. The second-order valence-corrected chi connectivity index (χ2v) is 4.53. The number of nitrogens with one attached hydrogen (secondary N) is 1. The SMILES string of the molecule is CC(Nc1ccc(C(N)=O)nn1)c1cccs1. The molecule has 0 bridgehead atoms. The van der Waals surface area contributed by atoms with Crippen LogP contribution in [0.4, 0.5) is 5.82 Å². The molecule has 5 nitrogen and oxygen atoms in total. The number of carbonyl (C=O) groups is 1. The average molecular weight is 248 g/mol. The third-order valence-corrected chi connectivity index (χ3v) is 3.31. The molecular weight excluding hydrogens is 236 g/mol. The predicted molar refractivity (Wildman–Crippen MR) is 66.9 cm³/mol. The van der Waals surface area contributed by atoms with Crippen LogP contribution in [0.25, 0.3) is 0 Å². The maximum atomic E-state index is 10.8. The molecule has 0 saturated carbocycles. The number of amides is 1. The van der Waals surface area contributed by atoms with Crippen LogP contribution in [0, 0.1) is 0 Å². The van der Waals surface area contributed by atoms with E-state index in [1.54, 1.807) is 23.5 Å². The van der Waals surface area contributed by atoms with Crippen LogP contribution in [-0.4, -0.2) is 16.1 Å². The van der Waals surface area contributed by atoms with Crippen molar-refractivity contribution < 1.29 is 4.79 Å². The molecule has 2 rings (SSSR count). The molecule has 0 radical (unpaired) electrons. The normalized spacial score (nSPS) is 12.1. The monoisotopic (exact) mass is 248 g/mol. The van der Waals surface area contributed by atoms with Crippen LogP contribution in [0.5, 0.6) is 0 Å². The van der Waals surface area contributed by atoms with E-state index in [1.165, 1.54) is 4.88 Å². The van der Waals surface area contributed by atoms with Gasteiger partial charge < -0.3 is 11.1 Å². The minimum Gasteiger partial charge on any atom is -0.364 e. The summed E-state index contributed by atoms with van der Waals surface area (Å²) < 4.78 is 0. The lowest BCUT2D eigenvalue weighted by molar-refractivity contribution is 0.0994. The lowest BCUT2D eigenvalue weighted by Crippen LogP contribution is -2.14. The highest BCUT2D eigenvalue weighted by Gasteiger charge is 2.08. The molecule has 0 aliphatic rings. The van der Waals surface area contributed by atoms with E-state index in [9.17, 15) is 4.79 Å². The first-order chi connectivity index (χ1) is 8.16. The first-order valence-corrected chi connectivity index (χ1v) is 5.98. The molecule has 2 aromatic heterocycles. The van der Waals surface area contributed by atoms with Crippen LogP contribution < -0.4 is 11.1 Å². The number of thiophene rings is 1. The molecule has 0 fully saturated rings. The van der Waals surface area contributed by atoms with Crippen LogP contribution in [0.3, 0.4) is 0 Å². The fourth-order valence-electron chi connectivity index (χ4n) is 1.37. The number of nitrogens with two attached hydrogens (primary N) is 1. The molecule has 1 unspecified atom stereocenters. The lowest BCUT2D eigenvalue weighted by atomic mass is 10.2. The summed E-state index contributed by atoms with van der Waals surface area (Å²) in [5, 5.41) is 12.8. The predicted octanol–water partition coefficient (Wildman–Crippen LogP) is 1.81. The lowest BCUT2D eigenvalue weighted by Gasteiger charge is -2.11. The largest absolute Gasteiger partial charge is 0.364 e. The molecular formula is C11H12N4OS. The third kappa shape index (κ3) is 2.79. The van der Waals surface area contributed by atoms with Gasteiger partial charge in [0.1, 0.15) is 5.82 Å². The number of hydrogen-bond acceptors (Lipinski definition) is 5. The zero-order valence-corrected chi connectivity index (χ0v) is 10.1. The fourth-order valence-corrected chi connectivity index (χ4v) is 2.11. The van der Waals surface area contributed by atoms with E-state index in [0.717, 1.165) is 0 Å². The Balaban J connectivity index is 2.06. The van der Waals surface area contributed by atoms with Crippen molar-refractivity contribution in [3.63, 3.8) is 0 Å². The van der Waals surface area contributed by atoms with Gasteiger partial charge in [0.2, 0.25) is 0 Å². The van der Waals surface area contributed by atoms with Gasteiger partial charge in [-0.05, 0) is 30.5 Å². The first-order valence-electron chi connectivity index (χ1n) is 5.10. The highest BCUT2D eigenvalue weighted by molar-refractivity contribution is 7.10. The summed E-state index contributed by atoms with van der Waals surface area (Å²) >= 11 is 1.67. The van der Waals surface area contributed by atoms with E-state index >= 15 is 0 Å². The van der Waals surface area contributed by atoms with Gasteiger partial charge in [-0.3, -0.25) is 4.79 Å². The van der Waals surface area contributed by atoms with Crippen molar-refractivity contribution in [2.75, 3.05) is 5.32 Å². The Kier molecular flexibility index (Phi) is 3.34. The van der Waals surface area contributed by atoms with Crippen molar-refractivity contribution in [1.82, 2.24) is 10.2 Å². The summed E-state index contributed by atoms with van der Waals surface area (Å²) in [6.45, 7) is 2.04. The Labute approximate surface area is 103 Å². The van der Waals surface area contributed by atoms with Crippen LogP contribution >= 0.6 is 11.3 Å². The zero-order chi connectivity index (χ0) is 12.3. The molecule has 17 heavy (non-hydrogen) atoms. The number of aromatic nitrogens is 2. The smallest absolute Gasteiger partial charge is 0.269 e. The van der Waals surface area contributed by atoms with E-state index in [-0.39, 0.29) is 11.7 Å².